The number of aryl methyl sites for hydroxylation is 1. The summed E-state index contributed by atoms with van der Waals surface area (Å²) in [4.78, 5) is 24.2. The Morgan fingerprint density at radius 3 is 2.48 bits per heavy atom. The van der Waals surface area contributed by atoms with Crippen molar-refractivity contribution in [2.45, 2.75) is 38.4 Å². The molecular weight excluding hydrogens is 417 g/mol. The number of carbonyl (C=O) groups is 2. The first-order chi connectivity index (χ1) is 14.6. The molecule has 0 radical (unpaired) electrons. The number of carboxylic acid groups (broad SMARTS) is 1. The van der Waals surface area contributed by atoms with Crippen LogP contribution in [0.5, 0.6) is 0 Å². The fraction of sp³-hybridized carbons (Fsp3) is 0.750. The number of rotatable bonds is 5. The fourth-order valence-electron chi connectivity index (χ4n) is 4.34. The number of likely N-dealkylation sites (tertiary alicyclic amines) is 1. The first kappa shape index (κ1) is 23.5. The lowest BCUT2D eigenvalue weighted by Gasteiger charge is -2.37. The SMILES string of the molecule is Cn1cc(CN2CC(C(=O)NCC3CC3)C3(CCOCC3)C2)cn1.O=C(O)C(F)(F)F. The minimum Gasteiger partial charge on any atom is -0.475 e. The number of alkyl halides is 3. The molecule has 1 atom stereocenters. The minimum absolute atomic E-state index is 0.0914. The quantitative estimate of drug-likeness (QED) is 0.716. The summed E-state index contributed by atoms with van der Waals surface area (Å²) in [7, 11) is 1.95. The van der Waals surface area contributed by atoms with E-state index in [4.69, 9.17) is 14.6 Å². The standard InChI is InChI=1S/C18H28N4O2.C2HF3O2/c1-21-10-15(9-20-21)11-22-12-16(17(23)19-8-14-2-3-14)18(13-22)4-6-24-7-5-18;3-2(4,5)1(6)7/h9-10,14,16H,2-8,11-13H2,1H3,(H,19,23);(H,6,7). The van der Waals surface area contributed by atoms with Crippen molar-refractivity contribution in [3.05, 3.63) is 18.0 Å². The third-order valence-corrected chi connectivity index (χ3v) is 6.19. The van der Waals surface area contributed by atoms with Crippen LogP contribution in [0.1, 0.15) is 31.2 Å². The molecule has 31 heavy (non-hydrogen) atoms. The lowest BCUT2D eigenvalue weighted by atomic mass is 9.71. The smallest absolute Gasteiger partial charge is 0.475 e. The van der Waals surface area contributed by atoms with Gasteiger partial charge in [0.2, 0.25) is 5.91 Å². The van der Waals surface area contributed by atoms with Crippen LogP contribution in [0.3, 0.4) is 0 Å². The van der Waals surface area contributed by atoms with Gasteiger partial charge in [-0.05, 0) is 31.6 Å². The number of hydrogen-bond donors (Lipinski definition) is 2. The third-order valence-electron chi connectivity index (χ3n) is 6.19. The van der Waals surface area contributed by atoms with Crippen LogP contribution in [0, 0.1) is 17.3 Å². The number of aromatic nitrogens is 2. The van der Waals surface area contributed by atoms with E-state index in [9.17, 15) is 18.0 Å². The second-order valence-electron chi connectivity index (χ2n) is 8.71. The van der Waals surface area contributed by atoms with Crippen molar-refractivity contribution in [1.29, 1.82) is 0 Å². The third kappa shape index (κ3) is 6.42. The van der Waals surface area contributed by atoms with E-state index in [2.05, 4.69) is 21.5 Å². The van der Waals surface area contributed by atoms with E-state index < -0.39 is 12.1 Å². The van der Waals surface area contributed by atoms with Crippen molar-refractivity contribution in [3.8, 4) is 0 Å². The molecule has 1 unspecified atom stereocenters. The van der Waals surface area contributed by atoms with Gasteiger partial charge in [-0.25, -0.2) is 4.79 Å². The number of amides is 1. The lowest BCUT2D eigenvalue weighted by molar-refractivity contribution is -0.192. The normalized spacial score (nSPS) is 23.3. The molecule has 11 heteroatoms. The summed E-state index contributed by atoms with van der Waals surface area (Å²) in [6, 6.07) is 0. The van der Waals surface area contributed by atoms with Gasteiger partial charge in [-0.2, -0.15) is 18.3 Å². The van der Waals surface area contributed by atoms with Gasteiger partial charge in [-0.15, -0.1) is 0 Å². The van der Waals surface area contributed by atoms with E-state index in [1.165, 1.54) is 18.4 Å². The fourth-order valence-corrected chi connectivity index (χ4v) is 4.34. The Morgan fingerprint density at radius 2 is 1.97 bits per heavy atom. The summed E-state index contributed by atoms with van der Waals surface area (Å²) in [5.74, 6) is -1.67. The maximum Gasteiger partial charge on any atom is 0.490 e. The Hall–Kier alpha value is -2.14. The zero-order valence-corrected chi connectivity index (χ0v) is 17.5. The highest BCUT2D eigenvalue weighted by Gasteiger charge is 2.50. The average Bonchev–Trinajstić information content (AvgIpc) is 3.36. The Balaban J connectivity index is 0.000000339. The Bertz CT molecular complexity index is 773. The molecule has 2 N–H and O–H groups in total. The molecule has 3 aliphatic rings. The van der Waals surface area contributed by atoms with Gasteiger partial charge in [-0.1, -0.05) is 0 Å². The van der Waals surface area contributed by atoms with Crippen molar-refractivity contribution < 1.29 is 32.6 Å². The van der Waals surface area contributed by atoms with Gasteiger partial charge in [0.25, 0.3) is 0 Å². The van der Waals surface area contributed by atoms with Crippen LogP contribution in [0.4, 0.5) is 13.2 Å². The number of hydrogen-bond acceptors (Lipinski definition) is 5. The molecule has 4 rings (SSSR count). The average molecular weight is 446 g/mol. The zero-order chi connectivity index (χ0) is 22.6. The molecule has 8 nitrogen and oxygen atoms in total. The maximum atomic E-state index is 12.9. The van der Waals surface area contributed by atoms with Crippen LogP contribution in [-0.4, -0.2) is 70.7 Å². The molecule has 1 aliphatic carbocycles. The molecular formula is C20H29F3N4O4. The highest BCUT2D eigenvalue weighted by atomic mass is 19.4. The lowest BCUT2D eigenvalue weighted by Crippen LogP contribution is -2.44. The number of halogens is 3. The van der Waals surface area contributed by atoms with E-state index in [0.29, 0.717) is 0 Å². The highest BCUT2D eigenvalue weighted by Crippen LogP contribution is 2.45. The molecule has 2 saturated heterocycles. The number of nitrogens with one attached hydrogen (secondary N) is 1. The largest absolute Gasteiger partial charge is 0.490 e. The van der Waals surface area contributed by atoms with Crippen molar-refractivity contribution >= 4 is 11.9 Å². The van der Waals surface area contributed by atoms with Crippen molar-refractivity contribution in [2.75, 3.05) is 32.8 Å². The number of aliphatic carboxylic acids is 1. The second-order valence-corrected chi connectivity index (χ2v) is 8.71. The second kappa shape index (κ2) is 9.56. The zero-order valence-electron chi connectivity index (χ0n) is 17.5. The molecule has 1 spiro atoms. The summed E-state index contributed by atoms with van der Waals surface area (Å²) < 4.78 is 39.2. The van der Waals surface area contributed by atoms with Crippen LogP contribution >= 0.6 is 0 Å². The number of nitrogens with zero attached hydrogens (tertiary/aromatic N) is 3. The van der Waals surface area contributed by atoms with Gasteiger partial charge in [0.1, 0.15) is 0 Å². The summed E-state index contributed by atoms with van der Waals surface area (Å²) in [6.45, 7) is 5.16. The van der Waals surface area contributed by atoms with E-state index in [-0.39, 0.29) is 17.2 Å². The van der Waals surface area contributed by atoms with Gasteiger partial charge in [0.15, 0.2) is 0 Å². The minimum atomic E-state index is -5.08. The molecule has 1 aromatic heterocycles. The van der Waals surface area contributed by atoms with Crippen LogP contribution in [0.2, 0.25) is 0 Å². The predicted octanol–water partition coefficient (Wildman–Crippen LogP) is 1.81. The van der Waals surface area contributed by atoms with Gasteiger partial charge in [0.05, 0.1) is 12.1 Å². The van der Waals surface area contributed by atoms with E-state index in [1.807, 2.05) is 17.9 Å². The van der Waals surface area contributed by atoms with Gasteiger partial charge < -0.3 is 15.2 Å². The van der Waals surface area contributed by atoms with E-state index in [0.717, 1.165) is 58.2 Å². The van der Waals surface area contributed by atoms with Crippen molar-refractivity contribution in [1.82, 2.24) is 20.0 Å². The molecule has 0 bridgehead atoms. The summed E-state index contributed by atoms with van der Waals surface area (Å²) in [6.07, 6.45) is 3.46. The molecule has 3 fully saturated rings. The predicted molar refractivity (Wildman–Crippen MR) is 104 cm³/mol. The topological polar surface area (TPSA) is 96.7 Å². The Labute approximate surface area is 178 Å². The highest BCUT2D eigenvalue weighted by molar-refractivity contribution is 5.80. The number of carbonyl (C=O) groups excluding carboxylic acids is 1. The molecule has 174 valence electrons. The molecule has 0 aromatic carbocycles. The van der Waals surface area contributed by atoms with Crippen LogP contribution in [0.25, 0.3) is 0 Å². The first-order valence-corrected chi connectivity index (χ1v) is 10.4. The van der Waals surface area contributed by atoms with Gasteiger partial charge >= 0.3 is 12.1 Å². The van der Waals surface area contributed by atoms with Gasteiger partial charge in [0, 0.05) is 63.6 Å². The summed E-state index contributed by atoms with van der Waals surface area (Å²) >= 11 is 0. The summed E-state index contributed by atoms with van der Waals surface area (Å²) in [5.41, 5.74) is 1.31. The van der Waals surface area contributed by atoms with Crippen LogP contribution in [0.15, 0.2) is 12.4 Å². The first-order valence-electron chi connectivity index (χ1n) is 10.4. The number of carboxylic acids is 1. The Morgan fingerprint density at radius 1 is 1.32 bits per heavy atom. The van der Waals surface area contributed by atoms with E-state index in [1.54, 1.807) is 0 Å². The Kier molecular flexibility index (Phi) is 7.25. The van der Waals surface area contributed by atoms with Crippen molar-refractivity contribution in [2.24, 2.45) is 24.3 Å². The molecule has 2 aliphatic heterocycles. The molecule has 1 saturated carbocycles. The van der Waals surface area contributed by atoms with Crippen molar-refractivity contribution in [3.63, 3.8) is 0 Å². The summed E-state index contributed by atoms with van der Waals surface area (Å²) in [5, 5.41) is 14.6. The number of ether oxygens (including phenoxy) is 1. The van der Waals surface area contributed by atoms with Crippen LogP contribution < -0.4 is 5.32 Å². The monoisotopic (exact) mass is 446 g/mol. The molecule has 3 heterocycles. The molecule has 1 amide bonds. The maximum absolute atomic E-state index is 12.9. The van der Waals surface area contributed by atoms with Gasteiger partial charge in [-0.3, -0.25) is 14.4 Å². The van der Waals surface area contributed by atoms with Crippen LogP contribution in [-0.2, 0) is 27.9 Å². The molecule has 1 aromatic rings. The van der Waals surface area contributed by atoms with E-state index >= 15 is 0 Å².